The number of aliphatic hydroxyl groups excluding tert-OH is 1. The molecule has 0 radical (unpaired) electrons. The van der Waals surface area contributed by atoms with Gasteiger partial charge in [0, 0.05) is 28.0 Å². The number of rotatable bonds is 5. The molecule has 118 valence electrons. The quantitative estimate of drug-likeness (QED) is 0.815. The first-order chi connectivity index (χ1) is 9.68. The second-order valence-corrected chi connectivity index (χ2v) is 7.50. The van der Waals surface area contributed by atoms with Gasteiger partial charge in [-0.2, -0.15) is 11.8 Å². The molecule has 0 aliphatic carbocycles. The van der Waals surface area contributed by atoms with Gasteiger partial charge in [0.1, 0.15) is 5.15 Å². The minimum atomic E-state index is -0.204. The Labute approximate surface area is 135 Å². The number of carbonyl (C=O) groups excluding carboxylic acids is 1. The van der Waals surface area contributed by atoms with E-state index in [0.717, 1.165) is 5.69 Å². The lowest BCUT2D eigenvalue weighted by atomic mass is 9.91. The van der Waals surface area contributed by atoms with Gasteiger partial charge in [-0.15, -0.1) is 0 Å². The molecule has 0 saturated carbocycles. The molecule has 4 nitrogen and oxygen atoms in total. The van der Waals surface area contributed by atoms with Gasteiger partial charge in [-0.25, -0.2) is 4.98 Å². The Morgan fingerprint density at radius 3 is 2.57 bits per heavy atom. The van der Waals surface area contributed by atoms with Gasteiger partial charge in [-0.1, -0.05) is 32.4 Å². The molecule has 2 N–H and O–H groups in total. The van der Waals surface area contributed by atoms with E-state index in [-0.39, 0.29) is 29.2 Å². The van der Waals surface area contributed by atoms with E-state index < -0.39 is 0 Å². The minimum absolute atomic E-state index is 0.0208. The number of halogens is 1. The SMILES string of the molecule is CSC(CO)C(C)NC(=O)c1cc(Cl)nc(C(C)(C)C)c1. The first kappa shape index (κ1) is 18.3. The molecule has 1 aromatic heterocycles. The molecule has 1 aromatic rings. The van der Waals surface area contributed by atoms with Crippen molar-refractivity contribution < 1.29 is 9.90 Å². The Morgan fingerprint density at radius 2 is 2.10 bits per heavy atom. The summed E-state index contributed by atoms with van der Waals surface area (Å²) in [5, 5.41) is 12.4. The standard InChI is InChI=1S/C15H23ClN2O2S/c1-9(11(8-19)21-5)17-14(20)10-6-12(15(2,3)4)18-13(16)7-10/h6-7,9,11,19H,8H2,1-5H3,(H,17,20). The zero-order valence-corrected chi connectivity index (χ0v) is 14.7. The first-order valence-corrected chi connectivity index (χ1v) is 8.48. The summed E-state index contributed by atoms with van der Waals surface area (Å²) in [5.74, 6) is -0.204. The zero-order chi connectivity index (χ0) is 16.2. The normalized spacial score (nSPS) is 14.6. The van der Waals surface area contributed by atoms with E-state index in [2.05, 4.69) is 10.3 Å². The van der Waals surface area contributed by atoms with Gasteiger partial charge in [0.15, 0.2) is 0 Å². The second kappa shape index (κ2) is 7.47. The number of carbonyl (C=O) groups is 1. The Hall–Kier alpha value is -0.780. The molecule has 2 unspecified atom stereocenters. The summed E-state index contributed by atoms with van der Waals surface area (Å²) in [6, 6.07) is 3.19. The number of amides is 1. The molecule has 21 heavy (non-hydrogen) atoms. The van der Waals surface area contributed by atoms with Crippen molar-refractivity contribution in [3.63, 3.8) is 0 Å². The van der Waals surface area contributed by atoms with Crippen LogP contribution in [0, 0.1) is 0 Å². The van der Waals surface area contributed by atoms with Crippen LogP contribution in [0.25, 0.3) is 0 Å². The van der Waals surface area contributed by atoms with E-state index in [4.69, 9.17) is 11.6 Å². The van der Waals surface area contributed by atoms with Crippen molar-refractivity contribution in [1.29, 1.82) is 0 Å². The molecule has 1 amide bonds. The van der Waals surface area contributed by atoms with E-state index in [1.165, 1.54) is 11.8 Å². The summed E-state index contributed by atoms with van der Waals surface area (Å²) < 4.78 is 0. The van der Waals surface area contributed by atoms with Gasteiger partial charge in [-0.3, -0.25) is 4.79 Å². The van der Waals surface area contributed by atoms with Gasteiger partial charge in [0.05, 0.1) is 6.61 Å². The number of pyridine rings is 1. The van der Waals surface area contributed by atoms with E-state index >= 15 is 0 Å². The lowest BCUT2D eigenvalue weighted by Crippen LogP contribution is -2.41. The van der Waals surface area contributed by atoms with Gasteiger partial charge in [0.2, 0.25) is 0 Å². The van der Waals surface area contributed by atoms with Crippen LogP contribution in [-0.2, 0) is 5.41 Å². The van der Waals surface area contributed by atoms with Gasteiger partial charge in [0.25, 0.3) is 5.91 Å². The molecule has 0 spiro atoms. The maximum absolute atomic E-state index is 12.3. The summed E-state index contributed by atoms with van der Waals surface area (Å²) in [6.07, 6.45) is 1.91. The van der Waals surface area contributed by atoms with Crippen LogP contribution in [0.15, 0.2) is 12.1 Å². The van der Waals surface area contributed by atoms with E-state index in [1.54, 1.807) is 12.1 Å². The molecule has 1 rings (SSSR count). The van der Waals surface area contributed by atoms with Crippen LogP contribution in [0.5, 0.6) is 0 Å². The third kappa shape index (κ3) is 5.16. The van der Waals surface area contributed by atoms with Crippen molar-refractivity contribution in [3.05, 3.63) is 28.5 Å². The van der Waals surface area contributed by atoms with E-state index in [0.29, 0.717) is 10.7 Å². The highest BCUT2D eigenvalue weighted by Gasteiger charge is 2.21. The number of hydrogen-bond acceptors (Lipinski definition) is 4. The number of thioether (sulfide) groups is 1. The molecule has 0 bridgehead atoms. The summed E-state index contributed by atoms with van der Waals surface area (Å²) >= 11 is 7.54. The van der Waals surface area contributed by atoms with Crippen molar-refractivity contribution in [2.24, 2.45) is 0 Å². The molecule has 0 fully saturated rings. The molecule has 0 aliphatic heterocycles. The summed E-state index contributed by atoms with van der Waals surface area (Å²) in [6.45, 7) is 7.96. The average Bonchev–Trinajstić information content (AvgIpc) is 2.38. The second-order valence-electron chi connectivity index (χ2n) is 6.03. The molecule has 0 aromatic carbocycles. The third-order valence-corrected chi connectivity index (χ3v) is 4.58. The van der Waals surface area contributed by atoms with Crippen molar-refractivity contribution in [2.75, 3.05) is 12.9 Å². The fourth-order valence-corrected chi connectivity index (χ4v) is 2.67. The molecule has 1 heterocycles. The molecular weight excluding hydrogens is 308 g/mol. The van der Waals surface area contributed by atoms with Crippen LogP contribution in [0.1, 0.15) is 43.7 Å². The van der Waals surface area contributed by atoms with Crippen LogP contribution in [0.3, 0.4) is 0 Å². The number of aromatic nitrogens is 1. The average molecular weight is 331 g/mol. The monoisotopic (exact) mass is 330 g/mol. The first-order valence-electron chi connectivity index (χ1n) is 6.81. The van der Waals surface area contributed by atoms with Crippen molar-refractivity contribution in [1.82, 2.24) is 10.3 Å². The topological polar surface area (TPSA) is 62.2 Å². The van der Waals surface area contributed by atoms with Crippen LogP contribution in [0.4, 0.5) is 0 Å². The van der Waals surface area contributed by atoms with Crippen LogP contribution >= 0.6 is 23.4 Å². The van der Waals surface area contributed by atoms with Crippen molar-refractivity contribution >= 4 is 29.3 Å². The maximum Gasteiger partial charge on any atom is 0.251 e. The number of aliphatic hydroxyl groups is 1. The molecule has 0 saturated heterocycles. The molecule has 2 atom stereocenters. The Balaban J connectivity index is 2.95. The predicted molar refractivity (Wildman–Crippen MR) is 89.3 cm³/mol. The maximum atomic E-state index is 12.3. The van der Waals surface area contributed by atoms with Crippen molar-refractivity contribution in [3.8, 4) is 0 Å². The van der Waals surface area contributed by atoms with Crippen LogP contribution in [0.2, 0.25) is 5.15 Å². The summed E-state index contributed by atoms with van der Waals surface area (Å²) in [5.41, 5.74) is 1.08. The van der Waals surface area contributed by atoms with E-state index in [1.807, 2.05) is 34.0 Å². The number of hydrogen-bond donors (Lipinski definition) is 2. The summed E-state index contributed by atoms with van der Waals surface area (Å²) in [4.78, 5) is 16.6. The molecule has 6 heteroatoms. The van der Waals surface area contributed by atoms with Crippen LogP contribution in [-0.4, -0.2) is 40.2 Å². The lowest BCUT2D eigenvalue weighted by Gasteiger charge is -2.22. The molecular formula is C15H23ClN2O2S. The smallest absolute Gasteiger partial charge is 0.251 e. The number of nitrogens with zero attached hydrogens (tertiary/aromatic N) is 1. The highest BCUT2D eigenvalue weighted by molar-refractivity contribution is 7.99. The van der Waals surface area contributed by atoms with Crippen LogP contribution < -0.4 is 5.32 Å². The highest BCUT2D eigenvalue weighted by Crippen LogP contribution is 2.23. The van der Waals surface area contributed by atoms with Crippen molar-refractivity contribution in [2.45, 2.75) is 44.4 Å². The highest BCUT2D eigenvalue weighted by atomic mass is 35.5. The largest absolute Gasteiger partial charge is 0.395 e. The summed E-state index contributed by atoms with van der Waals surface area (Å²) in [7, 11) is 0. The zero-order valence-electron chi connectivity index (χ0n) is 13.1. The lowest BCUT2D eigenvalue weighted by molar-refractivity contribution is 0.0935. The Kier molecular flexibility index (Phi) is 6.50. The fraction of sp³-hybridized carbons (Fsp3) is 0.600. The minimum Gasteiger partial charge on any atom is -0.395 e. The Morgan fingerprint density at radius 1 is 1.48 bits per heavy atom. The van der Waals surface area contributed by atoms with Gasteiger partial charge >= 0.3 is 0 Å². The third-order valence-electron chi connectivity index (χ3n) is 3.22. The number of nitrogens with one attached hydrogen (secondary N) is 1. The van der Waals surface area contributed by atoms with Gasteiger partial charge in [-0.05, 0) is 25.3 Å². The Bertz CT molecular complexity index is 499. The van der Waals surface area contributed by atoms with E-state index in [9.17, 15) is 9.90 Å². The molecule has 0 aliphatic rings. The fourth-order valence-electron chi connectivity index (χ4n) is 1.83. The van der Waals surface area contributed by atoms with Gasteiger partial charge < -0.3 is 10.4 Å². The predicted octanol–water partition coefficient (Wildman–Crippen LogP) is 2.87.